The van der Waals surface area contributed by atoms with Gasteiger partial charge in [-0.05, 0) is 31.0 Å². The molecule has 0 saturated carbocycles. The molecule has 1 aliphatic rings. The number of aryl methyl sites for hydroxylation is 2. The molecule has 0 fully saturated rings. The van der Waals surface area contributed by atoms with Gasteiger partial charge in [0.1, 0.15) is 22.4 Å². The molecule has 2 aromatic rings. The molecule has 0 atom stereocenters. The van der Waals surface area contributed by atoms with Gasteiger partial charge in [-0.1, -0.05) is 11.6 Å². The zero-order valence-electron chi connectivity index (χ0n) is 11.8. The molecule has 1 aliphatic heterocycles. The minimum absolute atomic E-state index is 0.0160. The SMILES string of the molecule is Cc1cc(S(=O)(=O)NCc2nnc3n2CCC3)c(Cl)cc1F. The predicted molar refractivity (Wildman–Crippen MR) is 78.5 cm³/mol. The first-order valence-electron chi connectivity index (χ1n) is 6.75. The summed E-state index contributed by atoms with van der Waals surface area (Å²) in [4.78, 5) is -0.144. The van der Waals surface area contributed by atoms with Crippen LogP contribution in [-0.2, 0) is 29.5 Å². The molecule has 0 saturated heterocycles. The zero-order chi connectivity index (χ0) is 15.9. The van der Waals surface area contributed by atoms with Gasteiger partial charge in [0.15, 0.2) is 0 Å². The van der Waals surface area contributed by atoms with E-state index in [1.165, 1.54) is 13.0 Å². The van der Waals surface area contributed by atoms with Crippen molar-refractivity contribution in [3.8, 4) is 0 Å². The highest BCUT2D eigenvalue weighted by molar-refractivity contribution is 7.89. The van der Waals surface area contributed by atoms with Crippen LogP contribution in [0.5, 0.6) is 0 Å². The maximum absolute atomic E-state index is 13.4. The highest BCUT2D eigenvalue weighted by atomic mass is 35.5. The fourth-order valence-corrected chi connectivity index (χ4v) is 3.99. The molecule has 0 unspecified atom stereocenters. The summed E-state index contributed by atoms with van der Waals surface area (Å²) in [5.41, 5.74) is 0.216. The average molecular weight is 345 g/mol. The van der Waals surface area contributed by atoms with Crippen LogP contribution in [0.1, 0.15) is 23.6 Å². The van der Waals surface area contributed by atoms with Crippen molar-refractivity contribution in [2.75, 3.05) is 0 Å². The molecule has 6 nitrogen and oxygen atoms in total. The van der Waals surface area contributed by atoms with Gasteiger partial charge < -0.3 is 4.57 Å². The second-order valence-corrected chi connectivity index (χ2v) is 7.29. The maximum Gasteiger partial charge on any atom is 0.242 e. The zero-order valence-corrected chi connectivity index (χ0v) is 13.4. The second kappa shape index (κ2) is 5.60. The summed E-state index contributed by atoms with van der Waals surface area (Å²) in [5.74, 6) is 0.884. The first-order chi connectivity index (χ1) is 10.4. The third-order valence-corrected chi connectivity index (χ3v) is 5.48. The van der Waals surface area contributed by atoms with Crippen LogP contribution in [0.3, 0.4) is 0 Å². The van der Waals surface area contributed by atoms with Crippen LogP contribution in [0.15, 0.2) is 17.0 Å². The molecule has 9 heteroatoms. The Bertz CT molecular complexity index is 835. The van der Waals surface area contributed by atoms with E-state index >= 15 is 0 Å². The molecule has 0 amide bonds. The van der Waals surface area contributed by atoms with E-state index in [9.17, 15) is 12.8 Å². The quantitative estimate of drug-likeness (QED) is 0.917. The lowest BCUT2D eigenvalue weighted by atomic mass is 10.2. The summed E-state index contributed by atoms with van der Waals surface area (Å²) in [6, 6.07) is 2.22. The van der Waals surface area contributed by atoms with Crippen LogP contribution in [-0.4, -0.2) is 23.2 Å². The van der Waals surface area contributed by atoms with E-state index in [1.807, 2.05) is 4.57 Å². The van der Waals surface area contributed by atoms with Crippen molar-refractivity contribution in [3.63, 3.8) is 0 Å². The first kappa shape index (κ1) is 15.4. The molecular weight excluding hydrogens is 331 g/mol. The number of rotatable bonds is 4. The van der Waals surface area contributed by atoms with Crippen molar-refractivity contribution < 1.29 is 12.8 Å². The Hall–Kier alpha value is -1.51. The van der Waals surface area contributed by atoms with Gasteiger partial charge in [-0.15, -0.1) is 10.2 Å². The van der Waals surface area contributed by atoms with Crippen molar-refractivity contribution in [2.45, 2.75) is 37.8 Å². The lowest BCUT2D eigenvalue weighted by Gasteiger charge is -2.10. The minimum Gasteiger partial charge on any atom is -0.314 e. The maximum atomic E-state index is 13.4. The highest BCUT2D eigenvalue weighted by Gasteiger charge is 2.22. The third-order valence-electron chi connectivity index (χ3n) is 3.61. The fourth-order valence-electron chi connectivity index (χ4n) is 2.42. The molecule has 1 aromatic carbocycles. The first-order valence-corrected chi connectivity index (χ1v) is 8.61. The number of aromatic nitrogens is 3. The van der Waals surface area contributed by atoms with E-state index in [0.717, 1.165) is 31.3 Å². The van der Waals surface area contributed by atoms with Crippen LogP contribution in [0.2, 0.25) is 5.02 Å². The Kier molecular flexibility index (Phi) is 3.92. The molecule has 0 radical (unpaired) electrons. The van der Waals surface area contributed by atoms with Crippen LogP contribution in [0.4, 0.5) is 4.39 Å². The Morgan fingerprint density at radius 1 is 1.41 bits per heavy atom. The van der Waals surface area contributed by atoms with E-state index in [0.29, 0.717) is 5.82 Å². The van der Waals surface area contributed by atoms with Crippen LogP contribution >= 0.6 is 11.6 Å². The van der Waals surface area contributed by atoms with Crippen LogP contribution in [0, 0.1) is 12.7 Å². The van der Waals surface area contributed by atoms with E-state index in [4.69, 9.17) is 11.6 Å². The number of fused-ring (bicyclic) bond motifs is 1. The Morgan fingerprint density at radius 3 is 2.95 bits per heavy atom. The summed E-state index contributed by atoms with van der Waals surface area (Å²) < 4.78 is 42.4. The van der Waals surface area contributed by atoms with Gasteiger partial charge in [-0.25, -0.2) is 17.5 Å². The number of hydrogen-bond acceptors (Lipinski definition) is 4. The minimum atomic E-state index is -3.85. The van der Waals surface area contributed by atoms with Crippen molar-refractivity contribution in [1.82, 2.24) is 19.5 Å². The van der Waals surface area contributed by atoms with E-state index in [1.54, 1.807) is 0 Å². The predicted octanol–water partition coefficient (Wildman–Crippen LogP) is 1.80. The van der Waals surface area contributed by atoms with E-state index in [-0.39, 0.29) is 22.0 Å². The molecule has 1 aromatic heterocycles. The number of hydrogen-bond donors (Lipinski definition) is 1. The van der Waals surface area contributed by atoms with Gasteiger partial charge >= 0.3 is 0 Å². The molecule has 0 spiro atoms. The third kappa shape index (κ3) is 2.73. The molecule has 22 heavy (non-hydrogen) atoms. The largest absolute Gasteiger partial charge is 0.314 e. The number of nitrogens with one attached hydrogen (secondary N) is 1. The summed E-state index contributed by atoms with van der Waals surface area (Å²) in [7, 11) is -3.85. The van der Waals surface area contributed by atoms with Gasteiger partial charge in [0, 0.05) is 13.0 Å². The van der Waals surface area contributed by atoms with Crippen molar-refractivity contribution in [1.29, 1.82) is 0 Å². The number of benzene rings is 1. The summed E-state index contributed by atoms with van der Waals surface area (Å²) in [6.45, 7) is 2.29. The summed E-state index contributed by atoms with van der Waals surface area (Å²) in [6.07, 6.45) is 1.83. The Labute approximate surface area is 132 Å². The smallest absolute Gasteiger partial charge is 0.242 e. The van der Waals surface area contributed by atoms with Crippen molar-refractivity contribution in [3.05, 3.63) is 40.2 Å². The van der Waals surface area contributed by atoms with Gasteiger partial charge in [0.25, 0.3) is 0 Å². The molecule has 1 N–H and O–H groups in total. The molecule has 3 rings (SSSR count). The summed E-state index contributed by atoms with van der Waals surface area (Å²) in [5, 5.41) is 7.85. The molecule has 2 heterocycles. The van der Waals surface area contributed by atoms with E-state index < -0.39 is 15.8 Å². The average Bonchev–Trinajstić information content (AvgIpc) is 3.04. The standard InChI is InChI=1S/C13H14ClFN4O2S/c1-8-5-11(9(14)6-10(8)15)22(20,21)16-7-13-18-17-12-3-2-4-19(12)13/h5-6,16H,2-4,7H2,1H3. The highest BCUT2D eigenvalue weighted by Crippen LogP contribution is 2.25. The van der Waals surface area contributed by atoms with E-state index in [2.05, 4.69) is 14.9 Å². The lowest BCUT2D eigenvalue weighted by Crippen LogP contribution is -2.25. The Balaban J connectivity index is 1.83. The van der Waals surface area contributed by atoms with Crippen LogP contribution < -0.4 is 4.72 Å². The van der Waals surface area contributed by atoms with Crippen molar-refractivity contribution in [2.24, 2.45) is 0 Å². The van der Waals surface area contributed by atoms with Gasteiger partial charge in [0.2, 0.25) is 10.0 Å². The summed E-state index contributed by atoms with van der Waals surface area (Å²) >= 11 is 5.85. The van der Waals surface area contributed by atoms with Crippen LogP contribution in [0.25, 0.3) is 0 Å². The van der Waals surface area contributed by atoms with Gasteiger partial charge in [-0.2, -0.15) is 0 Å². The van der Waals surface area contributed by atoms with Gasteiger partial charge in [0.05, 0.1) is 11.6 Å². The number of sulfonamides is 1. The number of nitrogens with zero attached hydrogens (tertiary/aromatic N) is 3. The molecule has 0 aliphatic carbocycles. The Morgan fingerprint density at radius 2 is 2.18 bits per heavy atom. The monoisotopic (exact) mass is 344 g/mol. The second-order valence-electron chi connectivity index (χ2n) is 5.14. The normalized spacial score (nSPS) is 14.3. The van der Waals surface area contributed by atoms with Crippen molar-refractivity contribution >= 4 is 21.6 Å². The molecule has 118 valence electrons. The number of halogens is 2. The molecular formula is C13H14ClFN4O2S. The topological polar surface area (TPSA) is 76.9 Å². The lowest BCUT2D eigenvalue weighted by molar-refractivity contribution is 0.573. The molecule has 0 bridgehead atoms. The van der Waals surface area contributed by atoms with Gasteiger partial charge in [-0.3, -0.25) is 0 Å². The fraction of sp³-hybridized carbons (Fsp3) is 0.385.